The topological polar surface area (TPSA) is 65.0 Å². The molecule has 0 saturated carbocycles. The Morgan fingerprint density at radius 3 is 2.40 bits per heavy atom. The molecule has 0 aliphatic heterocycles. The number of carbonyl (C=O) groups excluding carboxylic acids is 1. The van der Waals surface area contributed by atoms with Crippen molar-refractivity contribution in [2.24, 2.45) is 0 Å². The van der Waals surface area contributed by atoms with Gasteiger partial charge in [0.05, 0.1) is 27.9 Å². The molecule has 1 unspecified atom stereocenters. The molecule has 0 amide bonds. The maximum Gasteiger partial charge on any atom is 0.317 e. The number of hydrogen-bond donors (Lipinski definition) is 1. The molecule has 110 valence electrons. The van der Waals surface area contributed by atoms with Crippen LogP contribution in [0.3, 0.4) is 0 Å². The van der Waals surface area contributed by atoms with Crippen LogP contribution < -0.4 is 9.47 Å². The average Bonchev–Trinajstić information content (AvgIpc) is 2.47. The highest BCUT2D eigenvalue weighted by molar-refractivity contribution is 5.81. The van der Waals surface area contributed by atoms with E-state index in [9.17, 15) is 4.79 Å². The number of aliphatic hydroxyl groups is 1. The summed E-state index contributed by atoms with van der Waals surface area (Å²) in [5, 5.41) is 8.89. The second-order valence-corrected chi connectivity index (χ2v) is 4.18. The maximum atomic E-state index is 11.9. The molecule has 1 aromatic rings. The number of aryl methyl sites for hydroxylation is 1. The third kappa shape index (κ3) is 3.51. The minimum Gasteiger partial charge on any atom is -0.496 e. The van der Waals surface area contributed by atoms with E-state index >= 15 is 0 Å². The molecule has 0 aliphatic carbocycles. The summed E-state index contributed by atoms with van der Waals surface area (Å²) in [4.78, 5) is 11.9. The first-order chi connectivity index (χ1) is 9.58. The molecule has 1 N–H and O–H groups in total. The summed E-state index contributed by atoms with van der Waals surface area (Å²) < 4.78 is 15.4. The van der Waals surface area contributed by atoms with Crippen LogP contribution in [-0.2, 0) is 9.53 Å². The van der Waals surface area contributed by atoms with Gasteiger partial charge in [0.25, 0.3) is 0 Å². The van der Waals surface area contributed by atoms with Crippen LogP contribution in [0.2, 0.25) is 0 Å². The van der Waals surface area contributed by atoms with E-state index in [4.69, 9.17) is 19.3 Å². The summed E-state index contributed by atoms with van der Waals surface area (Å²) in [6.07, 6.45) is 3.08. The Kier molecular flexibility index (Phi) is 6.06. The van der Waals surface area contributed by atoms with Crippen LogP contribution in [0.25, 0.3) is 0 Å². The molecular formula is C15H20O5. The van der Waals surface area contributed by atoms with Gasteiger partial charge in [0.2, 0.25) is 0 Å². The van der Waals surface area contributed by atoms with Crippen molar-refractivity contribution in [1.29, 1.82) is 0 Å². The Labute approximate surface area is 118 Å². The van der Waals surface area contributed by atoms with E-state index < -0.39 is 11.9 Å². The standard InChI is InChI=1S/C15H20O5/c1-10-8-14(19-3)12(9-13(10)18-2)11(6-5-7-16)15(17)20-4/h5-6,8-9,11,16H,7H2,1-4H3/b6-5+. The predicted molar refractivity (Wildman–Crippen MR) is 75.3 cm³/mol. The number of carbonyl (C=O) groups is 1. The number of benzene rings is 1. The second-order valence-electron chi connectivity index (χ2n) is 4.18. The summed E-state index contributed by atoms with van der Waals surface area (Å²) in [5.41, 5.74) is 1.54. The lowest BCUT2D eigenvalue weighted by Gasteiger charge is -2.17. The summed E-state index contributed by atoms with van der Waals surface area (Å²) in [6.45, 7) is 1.74. The summed E-state index contributed by atoms with van der Waals surface area (Å²) in [6, 6.07) is 3.55. The Balaban J connectivity index is 3.36. The van der Waals surface area contributed by atoms with Gasteiger partial charge in [-0.25, -0.2) is 0 Å². The molecule has 0 aliphatic rings. The van der Waals surface area contributed by atoms with Gasteiger partial charge in [-0.2, -0.15) is 0 Å². The van der Waals surface area contributed by atoms with Crippen molar-refractivity contribution >= 4 is 5.97 Å². The maximum absolute atomic E-state index is 11.9. The molecule has 5 nitrogen and oxygen atoms in total. The van der Waals surface area contributed by atoms with Crippen LogP contribution in [-0.4, -0.2) is 39.0 Å². The number of esters is 1. The van der Waals surface area contributed by atoms with Crippen LogP contribution in [0, 0.1) is 6.92 Å². The Bertz CT molecular complexity index is 493. The minimum atomic E-state index is -0.656. The van der Waals surface area contributed by atoms with Crippen molar-refractivity contribution in [3.8, 4) is 11.5 Å². The molecule has 0 fully saturated rings. The van der Waals surface area contributed by atoms with Gasteiger partial charge in [-0.3, -0.25) is 4.79 Å². The zero-order chi connectivity index (χ0) is 15.1. The van der Waals surface area contributed by atoms with Crippen molar-refractivity contribution in [2.75, 3.05) is 27.9 Å². The van der Waals surface area contributed by atoms with Crippen LogP contribution >= 0.6 is 0 Å². The molecule has 0 bridgehead atoms. The molecular weight excluding hydrogens is 260 g/mol. The largest absolute Gasteiger partial charge is 0.496 e. The van der Waals surface area contributed by atoms with Crippen molar-refractivity contribution in [3.63, 3.8) is 0 Å². The van der Waals surface area contributed by atoms with Crippen LogP contribution in [0.1, 0.15) is 17.0 Å². The van der Waals surface area contributed by atoms with E-state index in [0.717, 1.165) is 5.56 Å². The fourth-order valence-electron chi connectivity index (χ4n) is 1.95. The second kappa shape index (κ2) is 7.55. The lowest BCUT2D eigenvalue weighted by molar-refractivity contribution is -0.141. The van der Waals surface area contributed by atoms with Crippen molar-refractivity contribution in [1.82, 2.24) is 0 Å². The van der Waals surface area contributed by atoms with E-state index in [1.54, 1.807) is 25.3 Å². The molecule has 5 heteroatoms. The summed E-state index contributed by atoms with van der Waals surface area (Å²) in [5.74, 6) is 0.142. The molecule has 0 saturated heterocycles. The van der Waals surface area contributed by atoms with Gasteiger partial charge in [0, 0.05) is 5.56 Å². The van der Waals surface area contributed by atoms with Crippen molar-refractivity contribution in [3.05, 3.63) is 35.4 Å². The number of ether oxygens (including phenoxy) is 3. The van der Waals surface area contributed by atoms with Gasteiger partial charge in [-0.15, -0.1) is 0 Å². The molecule has 1 atom stereocenters. The molecule has 20 heavy (non-hydrogen) atoms. The first-order valence-corrected chi connectivity index (χ1v) is 6.16. The van der Waals surface area contributed by atoms with Crippen molar-refractivity contribution in [2.45, 2.75) is 12.8 Å². The Morgan fingerprint density at radius 1 is 1.25 bits per heavy atom. The van der Waals surface area contributed by atoms with Crippen molar-refractivity contribution < 1.29 is 24.1 Å². The van der Waals surface area contributed by atoms with E-state index in [-0.39, 0.29) is 6.61 Å². The summed E-state index contributed by atoms with van der Waals surface area (Å²) >= 11 is 0. The lowest BCUT2D eigenvalue weighted by Crippen LogP contribution is -2.14. The highest BCUT2D eigenvalue weighted by Gasteiger charge is 2.23. The first kappa shape index (κ1) is 16.0. The number of aliphatic hydroxyl groups excluding tert-OH is 1. The van der Waals surface area contributed by atoms with Crippen LogP contribution in [0.15, 0.2) is 24.3 Å². The lowest BCUT2D eigenvalue weighted by atomic mass is 9.95. The SMILES string of the molecule is COC(=O)C(/C=C/CO)c1cc(OC)c(C)cc1OC. The zero-order valence-electron chi connectivity index (χ0n) is 12.2. The Morgan fingerprint density at radius 2 is 1.90 bits per heavy atom. The molecule has 0 radical (unpaired) electrons. The van der Waals surface area contributed by atoms with Gasteiger partial charge in [0.1, 0.15) is 17.4 Å². The monoisotopic (exact) mass is 280 g/mol. The van der Waals surface area contributed by atoms with E-state index in [1.807, 2.05) is 6.92 Å². The van der Waals surface area contributed by atoms with Crippen LogP contribution in [0.4, 0.5) is 0 Å². The normalized spacial score (nSPS) is 12.2. The predicted octanol–water partition coefficient (Wildman–Crippen LogP) is 1.82. The van der Waals surface area contributed by atoms with Gasteiger partial charge in [0.15, 0.2) is 0 Å². The fourth-order valence-corrected chi connectivity index (χ4v) is 1.95. The fraction of sp³-hybridized carbons (Fsp3) is 0.400. The van der Waals surface area contributed by atoms with Gasteiger partial charge in [-0.1, -0.05) is 12.2 Å². The quantitative estimate of drug-likeness (QED) is 0.636. The third-order valence-corrected chi connectivity index (χ3v) is 2.97. The number of hydrogen-bond acceptors (Lipinski definition) is 5. The Hall–Kier alpha value is -2.01. The van der Waals surface area contributed by atoms with Gasteiger partial charge >= 0.3 is 5.97 Å². The van der Waals surface area contributed by atoms with Crippen LogP contribution in [0.5, 0.6) is 11.5 Å². The van der Waals surface area contributed by atoms with Gasteiger partial charge in [-0.05, 0) is 24.6 Å². The molecule has 1 rings (SSSR count). The highest BCUT2D eigenvalue weighted by atomic mass is 16.5. The minimum absolute atomic E-state index is 0.154. The zero-order valence-corrected chi connectivity index (χ0v) is 12.2. The smallest absolute Gasteiger partial charge is 0.317 e. The highest BCUT2D eigenvalue weighted by Crippen LogP contribution is 2.34. The van der Waals surface area contributed by atoms with Gasteiger partial charge < -0.3 is 19.3 Å². The molecule has 0 spiro atoms. The van der Waals surface area contributed by atoms with E-state index in [2.05, 4.69) is 0 Å². The third-order valence-electron chi connectivity index (χ3n) is 2.97. The molecule has 0 aromatic heterocycles. The average molecular weight is 280 g/mol. The first-order valence-electron chi connectivity index (χ1n) is 6.16. The number of methoxy groups -OCH3 is 3. The number of rotatable bonds is 6. The summed E-state index contributed by atoms with van der Waals surface area (Å²) in [7, 11) is 4.42. The van der Waals surface area contributed by atoms with E-state index in [0.29, 0.717) is 17.1 Å². The van der Waals surface area contributed by atoms with E-state index in [1.165, 1.54) is 20.3 Å². The molecule has 1 aromatic carbocycles. The molecule has 0 heterocycles.